The van der Waals surface area contributed by atoms with E-state index in [1.807, 2.05) is 7.05 Å². The van der Waals surface area contributed by atoms with Crippen molar-refractivity contribution in [2.45, 2.75) is 58.5 Å². The highest BCUT2D eigenvalue weighted by molar-refractivity contribution is 5.81. The van der Waals surface area contributed by atoms with Crippen molar-refractivity contribution in [2.75, 3.05) is 7.05 Å². The van der Waals surface area contributed by atoms with Gasteiger partial charge in [0.25, 0.3) is 5.91 Å². The van der Waals surface area contributed by atoms with Gasteiger partial charge >= 0.3 is 0 Å². The second kappa shape index (κ2) is 6.08. The summed E-state index contributed by atoms with van der Waals surface area (Å²) in [5.74, 6) is 5.10. The minimum absolute atomic E-state index is 0.0202. The number of nitrogens with one attached hydrogen (secondary N) is 1. The van der Waals surface area contributed by atoms with Gasteiger partial charge in [-0.25, -0.2) is 5.84 Å². The van der Waals surface area contributed by atoms with E-state index in [9.17, 15) is 4.79 Å². The molecule has 0 saturated carbocycles. The molecule has 1 atom stereocenters. The maximum Gasteiger partial charge on any atom is 0.251 e. The molecule has 0 radical (unpaired) electrons. The van der Waals surface area contributed by atoms with Crippen LogP contribution in [0.2, 0.25) is 0 Å². The molecule has 0 aromatic rings. The number of hydrogen-bond acceptors (Lipinski definition) is 3. The Labute approximate surface area is 93.2 Å². The summed E-state index contributed by atoms with van der Waals surface area (Å²) in [6.45, 7) is 8.47. The Morgan fingerprint density at radius 1 is 1.47 bits per heavy atom. The monoisotopic (exact) mass is 215 g/mol. The quantitative estimate of drug-likeness (QED) is 0.398. The normalized spacial score (nSPS) is 14.1. The van der Waals surface area contributed by atoms with E-state index in [1.54, 1.807) is 0 Å². The van der Waals surface area contributed by atoms with Crippen molar-refractivity contribution in [3.05, 3.63) is 0 Å². The lowest BCUT2D eigenvalue weighted by molar-refractivity contribution is -0.128. The van der Waals surface area contributed by atoms with E-state index in [4.69, 9.17) is 5.84 Å². The van der Waals surface area contributed by atoms with Gasteiger partial charge in [0.1, 0.15) is 0 Å². The van der Waals surface area contributed by atoms with Crippen molar-refractivity contribution in [1.29, 1.82) is 0 Å². The smallest absolute Gasteiger partial charge is 0.251 e. The first-order valence-electron chi connectivity index (χ1n) is 5.64. The molecule has 15 heavy (non-hydrogen) atoms. The molecule has 0 aliphatic rings. The van der Waals surface area contributed by atoms with Gasteiger partial charge in [0.05, 0.1) is 6.04 Å². The molecule has 4 heteroatoms. The number of nitrogens with two attached hydrogens (primary N) is 1. The third-order valence-electron chi connectivity index (χ3n) is 3.29. The summed E-state index contributed by atoms with van der Waals surface area (Å²) in [5, 5.41) is 0. The molecule has 90 valence electrons. The zero-order valence-corrected chi connectivity index (χ0v) is 10.6. The minimum atomic E-state index is -0.130. The Bertz CT molecular complexity index is 204. The summed E-state index contributed by atoms with van der Waals surface area (Å²) in [5.41, 5.74) is 2.27. The molecule has 3 N–H and O–H groups in total. The standard InChI is InChI=1S/C11H25N3O/c1-6-8-9(10(15)13-12)14(5)11(3,4)7-2/h9H,6-8,12H2,1-5H3,(H,13,15). The van der Waals surface area contributed by atoms with Crippen LogP contribution in [0.25, 0.3) is 0 Å². The molecule has 1 unspecified atom stereocenters. The summed E-state index contributed by atoms with van der Waals surface area (Å²) < 4.78 is 0. The summed E-state index contributed by atoms with van der Waals surface area (Å²) >= 11 is 0. The van der Waals surface area contributed by atoms with Gasteiger partial charge in [-0.2, -0.15) is 0 Å². The number of carbonyl (C=O) groups is 1. The molecule has 4 nitrogen and oxygen atoms in total. The molecule has 0 aromatic carbocycles. The van der Waals surface area contributed by atoms with Gasteiger partial charge in [0.2, 0.25) is 0 Å². The van der Waals surface area contributed by atoms with E-state index in [1.165, 1.54) is 0 Å². The highest BCUT2D eigenvalue weighted by Gasteiger charge is 2.31. The number of carbonyl (C=O) groups excluding carboxylic acids is 1. The maximum atomic E-state index is 11.6. The van der Waals surface area contributed by atoms with Crippen molar-refractivity contribution in [1.82, 2.24) is 10.3 Å². The number of likely N-dealkylation sites (N-methyl/N-ethyl adjacent to an activating group) is 1. The SMILES string of the molecule is CCCC(C(=O)NN)N(C)C(C)(C)CC. The van der Waals surface area contributed by atoms with Crippen molar-refractivity contribution in [2.24, 2.45) is 5.84 Å². The highest BCUT2D eigenvalue weighted by Crippen LogP contribution is 2.21. The predicted molar refractivity (Wildman–Crippen MR) is 63.2 cm³/mol. The van der Waals surface area contributed by atoms with E-state index >= 15 is 0 Å². The molecule has 0 bridgehead atoms. The van der Waals surface area contributed by atoms with Crippen molar-refractivity contribution in [3.63, 3.8) is 0 Å². The highest BCUT2D eigenvalue weighted by atomic mass is 16.2. The first-order valence-corrected chi connectivity index (χ1v) is 5.64. The topological polar surface area (TPSA) is 58.4 Å². The van der Waals surface area contributed by atoms with E-state index in [-0.39, 0.29) is 17.5 Å². The molecule has 0 rings (SSSR count). The number of hydrazine groups is 1. The lowest BCUT2D eigenvalue weighted by Crippen LogP contribution is -2.54. The lowest BCUT2D eigenvalue weighted by atomic mass is 9.96. The van der Waals surface area contributed by atoms with Crippen LogP contribution in [0, 0.1) is 0 Å². The fourth-order valence-corrected chi connectivity index (χ4v) is 1.54. The van der Waals surface area contributed by atoms with Gasteiger partial charge in [0.15, 0.2) is 0 Å². The van der Waals surface area contributed by atoms with E-state index in [2.05, 4.69) is 38.0 Å². The van der Waals surface area contributed by atoms with Crippen LogP contribution in [0.5, 0.6) is 0 Å². The molecular formula is C11H25N3O. The Balaban J connectivity index is 4.68. The third kappa shape index (κ3) is 3.80. The van der Waals surface area contributed by atoms with Crippen LogP contribution in [-0.2, 0) is 4.79 Å². The Kier molecular flexibility index (Phi) is 5.83. The van der Waals surface area contributed by atoms with Crippen molar-refractivity contribution >= 4 is 5.91 Å². The molecule has 0 aliphatic carbocycles. The Hall–Kier alpha value is -0.610. The summed E-state index contributed by atoms with van der Waals surface area (Å²) in [7, 11) is 1.99. The van der Waals surface area contributed by atoms with Crippen molar-refractivity contribution < 1.29 is 4.79 Å². The first kappa shape index (κ1) is 14.4. The van der Waals surface area contributed by atoms with Crippen LogP contribution in [0.1, 0.15) is 47.0 Å². The molecule has 0 aliphatic heterocycles. The fourth-order valence-electron chi connectivity index (χ4n) is 1.54. The zero-order chi connectivity index (χ0) is 12.1. The maximum absolute atomic E-state index is 11.6. The van der Waals surface area contributed by atoms with Gasteiger partial charge in [-0.1, -0.05) is 20.3 Å². The van der Waals surface area contributed by atoms with Crippen LogP contribution >= 0.6 is 0 Å². The number of amides is 1. The molecule has 0 aromatic heterocycles. The number of hydrogen-bond donors (Lipinski definition) is 2. The molecular weight excluding hydrogens is 190 g/mol. The molecule has 0 fully saturated rings. The van der Waals surface area contributed by atoms with Gasteiger partial charge < -0.3 is 0 Å². The van der Waals surface area contributed by atoms with Crippen LogP contribution in [0.15, 0.2) is 0 Å². The van der Waals surface area contributed by atoms with Gasteiger partial charge in [-0.05, 0) is 33.7 Å². The molecule has 1 amide bonds. The summed E-state index contributed by atoms with van der Waals surface area (Å²) in [6.07, 6.45) is 2.81. The van der Waals surface area contributed by atoms with Crippen LogP contribution < -0.4 is 11.3 Å². The van der Waals surface area contributed by atoms with E-state index in [0.29, 0.717) is 0 Å². The predicted octanol–water partition coefficient (Wildman–Crippen LogP) is 1.27. The summed E-state index contributed by atoms with van der Waals surface area (Å²) in [6, 6.07) is -0.130. The van der Waals surface area contributed by atoms with Gasteiger partial charge in [0, 0.05) is 5.54 Å². The van der Waals surface area contributed by atoms with Gasteiger partial charge in [-0.15, -0.1) is 0 Å². The van der Waals surface area contributed by atoms with Crippen LogP contribution in [0.4, 0.5) is 0 Å². The Morgan fingerprint density at radius 2 is 2.00 bits per heavy atom. The summed E-state index contributed by atoms with van der Waals surface area (Å²) in [4.78, 5) is 13.7. The number of rotatable bonds is 6. The molecule has 0 saturated heterocycles. The first-order chi connectivity index (χ1) is 6.90. The average Bonchev–Trinajstić information content (AvgIpc) is 2.23. The minimum Gasteiger partial charge on any atom is -0.293 e. The lowest BCUT2D eigenvalue weighted by Gasteiger charge is -2.39. The molecule has 0 spiro atoms. The Morgan fingerprint density at radius 3 is 2.33 bits per heavy atom. The number of nitrogens with zero attached hydrogens (tertiary/aromatic N) is 1. The second-order valence-electron chi connectivity index (χ2n) is 4.59. The fraction of sp³-hybridized carbons (Fsp3) is 0.909. The third-order valence-corrected chi connectivity index (χ3v) is 3.29. The van der Waals surface area contributed by atoms with Gasteiger partial charge in [-0.3, -0.25) is 15.1 Å². The average molecular weight is 215 g/mol. The second-order valence-corrected chi connectivity index (χ2v) is 4.59. The zero-order valence-electron chi connectivity index (χ0n) is 10.6. The van der Waals surface area contributed by atoms with E-state index < -0.39 is 0 Å². The molecule has 0 heterocycles. The van der Waals surface area contributed by atoms with Crippen molar-refractivity contribution in [3.8, 4) is 0 Å². The largest absolute Gasteiger partial charge is 0.293 e. The van der Waals surface area contributed by atoms with Crippen LogP contribution in [0.3, 0.4) is 0 Å². The van der Waals surface area contributed by atoms with Crippen LogP contribution in [-0.4, -0.2) is 29.4 Å². The van der Waals surface area contributed by atoms with E-state index in [0.717, 1.165) is 19.3 Å².